The van der Waals surface area contributed by atoms with Gasteiger partial charge in [-0.1, -0.05) is 0 Å². The van der Waals surface area contributed by atoms with Gasteiger partial charge in [0.25, 0.3) is 5.91 Å². The average molecular weight is 254 g/mol. The number of nitrogens with one attached hydrogen (secondary N) is 1. The van der Waals surface area contributed by atoms with Gasteiger partial charge in [-0.2, -0.15) is 0 Å². The Balaban J connectivity index is 2.21. The molecule has 0 saturated carbocycles. The van der Waals surface area contributed by atoms with Gasteiger partial charge < -0.3 is 10.2 Å². The van der Waals surface area contributed by atoms with Crippen molar-refractivity contribution in [3.63, 3.8) is 0 Å². The van der Waals surface area contributed by atoms with Crippen LogP contribution in [0.1, 0.15) is 23.7 Å². The highest BCUT2D eigenvalue weighted by molar-refractivity contribution is 5.94. The normalized spacial score (nSPS) is 20.6. The fraction of sp³-hybridized carbons (Fsp3) is 0.462. The Labute approximate surface area is 105 Å². The number of benzene rings is 1. The highest BCUT2D eigenvalue weighted by atomic mass is 19.2. The molecule has 1 fully saturated rings. The lowest BCUT2D eigenvalue weighted by molar-refractivity contribution is 0.0704. The summed E-state index contributed by atoms with van der Waals surface area (Å²) in [6, 6.07) is 3.37. The topological polar surface area (TPSA) is 32.3 Å². The van der Waals surface area contributed by atoms with E-state index in [0.717, 1.165) is 31.6 Å². The molecule has 1 atom stereocenters. The van der Waals surface area contributed by atoms with Crippen molar-refractivity contribution in [3.05, 3.63) is 35.4 Å². The van der Waals surface area contributed by atoms with E-state index in [1.807, 2.05) is 6.92 Å². The Morgan fingerprint density at radius 1 is 1.33 bits per heavy atom. The molecule has 1 unspecified atom stereocenters. The first-order valence-corrected chi connectivity index (χ1v) is 6.06. The summed E-state index contributed by atoms with van der Waals surface area (Å²) in [7, 11) is 0. The molecule has 0 aliphatic carbocycles. The van der Waals surface area contributed by atoms with E-state index in [0.29, 0.717) is 6.54 Å². The van der Waals surface area contributed by atoms with E-state index in [4.69, 9.17) is 0 Å². The Morgan fingerprint density at radius 3 is 2.83 bits per heavy atom. The summed E-state index contributed by atoms with van der Waals surface area (Å²) in [5, 5.41) is 3.21. The highest BCUT2D eigenvalue weighted by Crippen LogP contribution is 2.14. The average Bonchev–Trinajstić information content (AvgIpc) is 2.56. The first-order valence-electron chi connectivity index (χ1n) is 6.06. The third-order valence-corrected chi connectivity index (χ3v) is 3.23. The Bertz CT molecular complexity index is 451. The zero-order valence-electron chi connectivity index (χ0n) is 10.2. The molecule has 1 aromatic rings. The maximum Gasteiger partial charge on any atom is 0.254 e. The molecule has 1 heterocycles. The van der Waals surface area contributed by atoms with Crippen molar-refractivity contribution in [2.24, 2.45) is 0 Å². The van der Waals surface area contributed by atoms with Gasteiger partial charge in [-0.25, -0.2) is 8.78 Å². The summed E-state index contributed by atoms with van der Waals surface area (Å²) in [6.45, 7) is 4.13. The number of halogens is 2. The molecule has 18 heavy (non-hydrogen) atoms. The van der Waals surface area contributed by atoms with Crippen LogP contribution in [-0.4, -0.2) is 36.5 Å². The molecular weight excluding hydrogens is 238 g/mol. The Morgan fingerprint density at radius 2 is 2.11 bits per heavy atom. The summed E-state index contributed by atoms with van der Waals surface area (Å²) in [4.78, 5) is 13.9. The molecular formula is C13H16F2N2O. The minimum Gasteiger partial charge on any atom is -0.335 e. The van der Waals surface area contributed by atoms with Crippen molar-refractivity contribution in [2.45, 2.75) is 19.4 Å². The third-order valence-electron chi connectivity index (χ3n) is 3.23. The Hall–Kier alpha value is -1.49. The van der Waals surface area contributed by atoms with E-state index in [-0.39, 0.29) is 17.5 Å². The van der Waals surface area contributed by atoms with Gasteiger partial charge in [0.05, 0.1) is 0 Å². The van der Waals surface area contributed by atoms with E-state index in [1.165, 1.54) is 6.07 Å². The number of carbonyl (C=O) groups excluding carboxylic acids is 1. The zero-order valence-corrected chi connectivity index (χ0v) is 10.2. The molecule has 5 heteroatoms. The van der Waals surface area contributed by atoms with Crippen molar-refractivity contribution in [3.8, 4) is 0 Å². The first kappa shape index (κ1) is 13.0. The van der Waals surface area contributed by atoms with E-state index in [1.54, 1.807) is 4.90 Å². The van der Waals surface area contributed by atoms with Crippen LogP contribution in [0.3, 0.4) is 0 Å². The summed E-state index contributed by atoms with van der Waals surface area (Å²) >= 11 is 0. The van der Waals surface area contributed by atoms with Crippen LogP contribution in [0.2, 0.25) is 0 Å². The highest BCUT2D eigenvalue weighted by Gasteiger charge is 2.23. The molecule has 2 rings (SSSR count). The molecule has 0 spiro atoms. The fourth-order valence-electron chi connectivity index (χ4n) is 2.11. The predicted octanol–water partition coefficient (Wildman–Crippen LogP) is 1.79. The van der Waals surface area contributed by atoms with E-state index in [2.05, 4.69) is 5.32 Å². The van der Waals surface area contributed by atoms with Crippen LogP contribution >= 0.6 is 0 Å². The van der Waals surface area contributed by atoms with Crippen LogP contribution in [0.5, 0.6) is 0 Å². The summed E-state index contributed by atoms with van der Waals surface area (Å²) in [5.41, 5.74) is 0.197. The van der Waals surface area contributed by atoms with Gasteiger partial charge in [-0.05, 0) is 38.1 Å². The van der Waals surface area contributed by atoms with Crippen molar-refractivity contribution in [1.29, 1.82) is 0 Å². The maximum atomic E-state index is 13.1. The van der Waals surface area contributed by atoms with Crippen molar-refractivity contribution < 1.29 is 13.6 Å². The monoisotopic (exact) mass is 254 g/mol. The van der Waals surface area contributed by atoms with E-state index < -0.39 is 11.6 Å². The number of amides is 1. The van der Waals surface area contributed by atoms with Crippen LogP contribution in [0.25, 0.3) is 0 Å². The SMILES string of the molecule is CC1CCNCCN1C(=O)c1ccc(F)c(F)c1. The minimum absolute atomic E-state index is 0.0978. The molecule has 1 N–H and O–H groups in total. The van der Waals surface area contributed by atoms with Gasteiger partial charge in [-0.15, -0.1) is 0 Å². The van der Waals surface area contributed by atoms with Gasteiger partial charge in [0.15, 0.2) is 11.6 Å². The van der Waals surface area contributed by atoms with Crippen LogP contribution < -0.4 is 5.32 Å². The molecule has 0 aromatic heterocycles. The number of rotatable bonds is 1. The van der Waals surface area contributed by atoms with Crippen molar-refractivity contribution in [2.75, 3.05) is 19.6 Å². The Kier molecular flexibility index (Phi) is 3.91. The number of hydrogen-bond donors (Lipinski definition) is 1. The van der Waals surface area contributed by atoms with Gasteiger partial charge in [0, 0.05) is 24.7 Å². The lowest BCUT2D eigenvalue weighted by Gasteiger charge is -2.26. The lowest BCUT2D eigenvalue weighted by atomic mass is 10.1. The molecule has 0 bridgehead atoms. The van der Waals surface area contributed by atoms with Crippen molar-refractivity contribution in [1.82, 2.24) is 10.2 Å². The number of carbonyl (C=O) groups is 1. The quantitative estimate of drug-likeness (QED) is 0.828. The molecule has 1 aliphatic rings. The van der Waals surface area contributed by atoms with Crippen molar-refractivity contribution >= 4 is 5.91 Å². The molecule has 0 radical (unpaired) electrons. The van der Waals surface area contributed by atoms with Crippen LogP contribution in [0.4, 0.5) is 8.78 Å². The molecule has 1 aromatic carbocycles. The fourth-order valence-corrected chi connectivity index (χ4v) is 2.11. The molecule has 98 valence electrons. The molecule has 3 nitrogen and oxygen atoms in total. The zero-order chi connectivity index (χ0) is 13.1. The van der Waals surface area contributed by atoms with Gasteiger partial charge in [0.2, 0.25) is 0 Å². The lowest BCUT2D eigenvalue weighted by Crippen LogP contribution is -2.39. The second kappa shape index (κ2) is 5.44. The molecule has 1 amide bonds. The number of hydrogen-bond acceptors (Lipinski definition) is 2. The summed E-state index contributed by atoms with van der Waals surface area (Å²) in [5.74, 6) is -2.16. The van der Waals surface area contributed by atoms with E-state index >= 15 is 0 Å². The van der Waals surface area contributed by atoms with Gasteiger partial charge in [0.1, 0.15) is 0 Å². The summed E-state index contributed by atoms with van der Waals surface area (Å²) in [6.07, 6.45) is 0.857. The smallest absolute Gasteiger partial charge is 0.254 e. The maximum absolute atomic E-state index is 13.1. The van der Waals surface area contributed by atoms with Gasteiger partial charge >= 0.3 is 0 Å². The molecule has 1 saturated heterocycles. The van der Waals surface area contributed by atoms with Crippen LogP contribution in [0.15, 0.2) is 18.2 Å². The molecule has 1 aliphatic heterocycles. The third kappa shape index (κ3) is 2.67. The second-order valence-electron chi connectivity index (χ2n) is 4.52. The van der Waals surface area contributed by atoms with E-state index in [9.17, 15) is 13.6 Å². The minimum atomic E-state index is -0.985. The second-order valence-corrected chi connectivity index (χ2v) is 4.52. The van der Waals surface area contributed by atoms with Crippen LogP contribution in [-0.2, 0) is 0 Å². The standard InChI is InChI=1S/C13H16F2N2O/c1-9-4-5-16-6-7-17(9)13(18)10-2-3-11(14)12(15)8-10/h2-3,8-9,16H,4-7H2,1H3. The summed E-state index contributed by atoms with van der Waals surface area (Å²) < 4.78 is 26.0. The predicted molar refractivity (Wildman–Crippen MR) is 64.3 cm³/mol. The first-order chi connectivity index (χ1) is 8.59. The number of nitrogens with zero attached hydrogens (tertiary/aromatic N) is 1. The van der Waals surface area contributed by atoms with Crippen LogP contribution in [0, 0.1) is 11.6 Å². The van der Waals surface area contributed by atoms with Gasteiger partial charge in [-0.3, -0.25) is 4.79 Å². The largest absolute Gasteiger partial charge is 0.335 e.